The van der Waals surface area contributed by atoms with Crippen LogP contribution in [0.3, 0.4) is 0 Å². The first-order valence-corrected chi connectivity index (χ1v) is 13.2. The van der Waals surface area contributed by atoms with Gasteiger partial charge in [0, 0.05) is 16.8 Å². The standard InChI is InChI=1S/C18H24O4.C12H14BrNO/c1-12(2)5-4-6-13(3)9-16-18(11-17(21)22-16)10-14(19)7-8-15(18)20;1-4-12(2,3)14-10-7-5-9(6-8-10)11(13)15/h5,7-9,14,16,19H,4,6,10-11H2,1-3H3;4-8,14H,1H2,2-3H3/b13-9+;/t14-,16-,18+;/m1./s1. The fourth-order valence-electron chi connectivity index (χ4n) is 4.21. The van der Waals surface area contributed by atoms with E-state index in [1.54, 1.807) is 12.1 Å². The van der Waals surface area contributed by atoms with Crippen molar-refractivity contribution in [1.29, 1.82) is 0 Å². The first-order chi connectivity index (χ1) is 17.3. The van der Waals surface area contributed by atoms with Crippen molar-refractivity contribution in [3.63, 3.8) is 0 Å². The Kier molecular flexibility index (Phi) is 10.8. The molecule has 1 saturated heterocycles. The number of halogens is 1. The van der Waals surface area contributed by atoms with Gasteiger partial charge in [0.25, 0.3) is 0 Å². The minimum absolute atomic E-state index is 0.0512. The summed E-state index contributed by atoms with van der Waals surface area (Å²) in [7, 11) is 0. The van der Waals surface area contributed by atoms with Gasteiger partial charge in [-0.3, -0.25) is 14.4 Å². The van der Waals surface area contributed by atoms with E-state index in [0.29, 0.717) is 5.56 Å². The summed E-state index contributed by atoms with van der Waals surface area (Å²) in [6.07, 6.45) is 9.57. The fourth-order valence-corrected chi connectivity index (χ4v) is 4.47. The number of hydrogen-bond acceptors (Lipinski definition) is 6. The summed E-state index contributed by atoms with van der Waals surface area (Å²) in [5.74, 6) is -0.490. The molecule has 3 atom stereocenters. The van der Waals surface area contributed by atoms with Crippen molar-refractivity contribution < 1.29 is 24.2 Å². The van der Waals surface area contributed by atoms with Crippen molar-refractivity contribution in [2.24, 2.45) is 5.41 Å². The van der Waals surface area contributed by atoms with Crippen molar-refractivity contribution in [2.45, 2.75) is 78.0 Å². The number of rotatable bonds is 8. The van der Waals surface area contributed by atoms with Crippen LogP contribution in [-0.2, 0) is 14.3 Å². The molecule has 1 aliphatic carbocycles. The van der Waals surface area contributed by atoms with Crippen molar-refractivity contribution >= 4 is 38.1 Å². The van der Waals surface area contributed by atoms with Crippen molar-refractivity contribution in [3.05, 3.63) is 77.9 Å². The van der Waals surface area contributed by atoms with Gasteiger partial charge in [-0.15, -0.1) is 6.58 Å². The zero-order valence-electron chi connectivity index (χ0n) is 22.3. The van der Waals surface area contributed by atoms with Crippen LogP contribution in [0.15, 0.2) is 72.4 Å². The number of carbonyl (C=O) groups is 3. The van der Waals surface area contributed by atoms with Crippen LogP contribution >= 0.6 is 15.9 Å². The second-order valence-electron chi connectivity index (χ2n) is 10.5. The molecule has 0 saturated carbocycles. The molecule has 7 heteroatoms. The van der Waals surface area contributed by atoms with E-state index in [4.69, 9.17) is 4.74 Å². The molecule has 1 spiro atoms. The lowest BCUT2D eigenvalue weighted by molar-refractivity contribution is -0.140. The summed E-state index contributed by atoms with van der Waals surface area (Å²) in [6, 6.07) is 7.30. The lowest BCUT2D eigenvalue weighted by Crippen LogP contribution is -2.42. The van der Waals surface area contributed by atoms with Crippen LogP contribution in [0.25, 0.3) is 0 Å². The number of carbonyl (C=O) groups excluding carboxylic acids is 3. The van der Waals surface area contributed by atoms with Gasteiger partial charge in [0.1, 0.15) is 6.10 Å². The highest BCUT2D eigenvalue weighted by Crippen LogP contribution is 2.44. The Labute approximate surface area is 228 Å². The first-order valence-electron chi connectivity index (χ1n) is 12.4. The second kappa shape index (κ2) is 13.2. The van der Waals surface area contributed by atoms with Crippen molar-refractivity contribution in [2.75, 3.05) is 5.32 Å². The molecule has 3 rings (SSSR count). The Morgan fingerprint density at radius 2 is 1.89 bits per heavy atom. The van der Waals surface area contributed by atoms with E-state index in [0.717, 1.165) is 24.1 Å². The molecule has 1 aromatic rings. The number of aliphatic hydroxyl groups is 1. The predicted octanol–water partition coefficient (Wildman–Crippen LogP) is 6.47. The SMILES string of the molecule is C=CC(C)(C)Nc1ccc(C(=O)Br)cc1.CC(C)=CCC/C(C)=C/[C@H]1OC(=O)C[C@]12C[C@H](O)C=CC2=O. The number of esters is 1. The summed E-state index contributed by atoms with van der Waals surface area (Å²) in [4.78, 5) is 35.1. The molecule has 37 heavy (non-hydrogen) atoms. The van der Waals surface area contributed by atoms with Crippen LogP contribution in [0, 0.1) is 5.41 Å². The molecule has 2 N–H and O–H groups in total. The van der Waals surface area contributed by atoms with Crippen molar-refractivity contribution in [1.82, 2.24) is 0 Å². The average Bonchev–Trinajstić information content (AvgIpc) is 3.11. The van der Waals surface area contributed by atoms with E-state index in [1.807, 2.05) is 45.1 Å². The van der Waals surface area contributed by atoms with Gasteiger partial charge >= 0.3 is 5.97 Å². The molecule has 0 amide bonds. The number of anilines is 1. The van der Waals surface area contributed by atoms with E-state index in [-0.39, 0.29) is 34.8 Å². The molecule has 6 nitrogen and oxygen atoms in total. The summed E-state index contributed by atoms with van der Waals surface area (Å²) >= 11 is 2.91. The van der Waals surface area contributed by atoms with Crippen LogP contribution < -0.4 is 5.32 Å². The van der Waals surface area contributed by atoms with Crippen LogP contribution in [0.1, 0.15) is 70.7 Å². The molecule has 200 valence electrons. The number of cyclic esters (lactones) is 1. The first kappa shape index (κ1) is 30.5. The molecular formula is C30H38BrNO5. The summed E-state index contributed by atoms with van der Waals surface area (Å²) in [6.45, 7) is 13.9. The van der Waals surface area contributed by atoms with E-state index in [9.17, 15) is 19.5 Å². The molecule has 2 aliphatic rings. The zero-order chi connectivity index (χ0) is 27.8. The molecule has 1 fully saturated rings. The van der Waals surface area contributed by atoms with E-state index in [2.05, 4.69) is 47.7 Å². The Morgan fingerprint density at radius 3 is 2.46 bits per heavy atom. The highest BCUT2D eigenvalue weighted by molar-refractivity contribution is 9.18. The maximum absolute atomic E-state index is 12.3. The Hall–Kier alpha value is -2.77. The number of nitrogens with one attached hydrogen (secondary N) is 1. The smallest absolute Gasteiger partial charge is 0.307 e. The normalized spacial score (nSPS) is 23.2. The number of allylic oxidation sites excluding steroid dienone is 4. The van der Waals surface area contributed by atoms with Gasteiger partial charge < -0.3 is 15.2 Å². The van der Waals surface area contributed by atoms with Gasteiger partial charge in [-0.05, 0) is 106 Å². The quantitative estimate of drug-likeness (QED) is 0.211. The topological polar surface area (TPSA) is 92.7 Å². The van der Waals surface area contributed by atoms with E-state index >= 15 is 0 Å². The van der Waals surface area contributed by atoms with Gasteiger partial charge in [-0.25, -0.2) is 0 Å². The highest BCUT2D eigenvalue weighted by atomic mass is 79.9. The number of ketones is 1. The number of aliphatic hydroxyl groups excluding tert-OH is 1. The van der Waals surface area contributed by atoms with Gasteiger partial charge in [-0.1, -0.05) is 29.4 Å². The van der Waals surface area contributed by atoms with E-state index < -0.39 is 17.6 Å². The summed E-state index contributed by atoms with van der Waals surface area (Å²) in [5, 5.41) is 13.1. The van der Waals surface area contributed by atoms with Crippen LogP contribution in [0.5, 0.6) is 0 Å². The molecule has 1 heterocycles. The summed E-state index contributed by atoms with van der Waals surface area (Å²) in [5.41, 5.74) is 2.90. The third-order valence-electron chi connectivity index (χ3n) is 6.41. The Balaban J connectivity index is 0.000000281. The van der Waals surface area contributed by atoms with Crippen LogP contribution in [0.4, 0.5) is 5.69 Å². The number of benzene rings is 1. The molecule has 0 aromatic heterocycles. The number of hydrogen-bond donors (Lipinski definition) is 2. The van der Waals surface area contributed by atoms with Gasteiger partial charge in [0.05, 0.1) is 17.9 Å². The molecular weight excluding hydrogens is 534 g/mol. The third kappa shape index (κ3) is 8.93. The molecule has 0 unspecified atom stereocenters. The van der Waals surface area contributed by atoms with E-state index in [1.165, 1.54) is 17.7 Å². The summed E-state index contributed by atoms with van der Waals surface area (Å²) < 4.78 is 5.27. The Bertz CT molecular complexity index is 1100. The van der Waals surface area contributed by atoms with Gasteiger partial charge in [-0.2, -0.15) is 0 Å². The minimum Gasteiger partial charge on any atom is -0.457 e. The molecule has 0 bridgehead atoms. The molecule has 0 radical (unpaired) electrons. The highest BCUT2D eigenvalue weighted by Gasteiger charge is 2.54. The molecule has 1 aliphatic heterocycles. The largest absolute Gasteiger partial charge is 0.457 e. The van der Waals surface area contributed by atoms with Gasteiger partial charge in [0.2, 0.25) is 4.69 Å². The fraction of sp³-hybridized carbons (Fsp3) is 0.433. The predicted molar refractivity (Wildman–Crippen MR) is 152 cm³/mol. The molecule has 1 aromatic carbocycles. The maximum atomic E-state index is 12.3. The van der Waals surface area contributed by atoms with Crippen LogP contribution in [0.2, 0.25) is 0 Å². The maximum Gasteiger partial charge on any atom is 0.307 e. The Morgan fingerprint density at radius 1 is 1.24 bits per heavy atom. The lowest BCUT2D eigenvalue weighted by Gasteiger charge is -2.32. The average molecular weight is 573 g/mol. The zero-order valence-corrected chi connectivity index (χ0v) is 23.9. The lowest BCUT2D eigenvalue weighted by atomic mass is 9.69. The second-order valence-corrected chi connectivity index (χ2v) is 11.2. The van der Waals surface area contributed by atoms with Crippen molar-refractivity contribution in [3.8, 4) is 0 Å². The minimum atomic E-state index is -0.928. The number of ether oxygens (including phenoxy) is 1. The van der Waals surface area contributed by atoms with Crippen LogP contribution in [-0.4, -0.2) is 39.3 Å². The van der Waals surface area contributed by atoms with Gasteiger partial charge in [0.15, 0.2) is 5.78 Å². The monoisotopic (exact) mass is 571 g/mol. The third-order valence-corrected chi connectivity index (χ3v) is 6.87.